The number of carbonyl (C=O) groups is 3. The van der Waals surface area contributed by atoms with Crippen molar-refractivity contribution in [3.05, 3.63) is 24.3 Å². The zero-order chi connectivity index (χ0) is 48.6. The molecule has 0 saturated carbocycles. The second kappa shape index (κ2) is 56.5. The van der Waals surface area contributed by atoms with Gasteiger partial charge in [0.05, 0.1) is 0 Å². The number of unbranched alkanes of at least 4 members (excludes halogenated alkanes) is 40. The first-order valence-corrected chi connectivity index (χ1v) is 29.8. The van der Waals surface area contributed by atoms with E-state index in [1.54, 1.807) is 0 Å². The molecule has 0 aliphatic carbocycles. The van der Waals surface area contributed by atoms with E-state index in [1.165, 1.54) is 225 Å². The number of rotatable bonds is 55. The van der Waals surface area contributed by atoms with Crippen molar-refractivity contribution in [2.24, 2.45) is 0 Å². The van der Waals surface area contributed by atoms with E-state index in [-0.39, 0.29) is 31.1 Å². The standard InChI is InChI=1S/C61H114O6/c1-4-7-10-13-16-19-22-25-28-30-31-32-34-36-39-42-45-48-51-54-60(63)66-57-58(56-65-59(62)53-50-47-44-41-38-35-27-24-21-18-15-12-9-6-3)67-61(64)55-52-49-46-43-40-37-33-29-26-23-20-17-14-11-8-5-2/h29-31,33,58H,4-28,32,34-57H2,1-3H3/b31-30-,33-29-/t58-/m1/s1. The van der Waals surface area contributed by atoms with Crippen molar-refractivity contribution < 1.29 is 28.6 Å². The smallest absolute Gasteiger partial charge is 0.306 e. The molecular weight excluding hydrogens is 829 g/mol. The maximum Gasteiger partial charge on any atom is 0.306 e. The summed E-state index contributed by atoms with van der Waals surface area (Å²) in [6.45, 7) is 6.68. The molecule has 0 aromatic rings. The van der Waals surface area contributed by atoms with Crippen molar-refractivity contribution >= 4 is 17.9 Å². The topological polar surface area (TPSA) is 78.9 Å². The van der Waals surface area contributed by atoms with E-state index in [0.29, 0.717) is 19.3 Å². The number of hydrogen-bond donors (Lipinski definition) is 0. The zero-order valence-electron chi connectivity index (χ0n) is 45.2. The molecule has 0 aromatic carbocycles. The summed E-state index contributed by atoms with van der Waals surface area (Å²) in [5, 5.41) is 0. The van der Waals surface area contributed by atoms with Crippen molar-refractivity contribution in [1.29, 1.82) is 0 Å². The summed E-state index contributed by atoms with van der Waals surface area (Å²) in [7, 11) is 0. The Hall–Kier alpha value is -2.11. The first kappa shape index (κ1) is 64.9. The van der Waals surface area contributed by atoms with Crippen LogP contribution in [0, 0.1) is 0 Å². The number of esters is 3. The van der Waals surface area contributed by atoms with Crippen molar-refractivity contribution in [3.63, 3.8) is 0 Å². The lowest BCUT2D eigenvalue weighted by Crippen LogP contribution is -2.30. The molecule has 0 heterocycles. The van der Waals surface area contributed by atoms with Gasteiger partial charge < -0.3 is 14.2 Å². The minimum atomic E-state index is -0.774. The van der Waals surface area contributed by atoms with E-state index in [1.807, 2.05) is 0 Å². The summed E-state index contributed by atoms with van der Waals surface area (Å²) >= 11 is 0. The summed E-state index contributed by atoms with van der Waals surface area (Å²) in [4.78, 5) is 38.2. The van der Waals surface area contributed by atoms with E-state index in [9.17, 15) is 14.4 Å². The highest BCUT2D eigenvalue weighted by molar-refractivity contribution is 5.71. The van der Waals surface area contributed by atoms with Gasteiger partial charge in [0.1, 0.15) is 13.2 Å². The normalized spacial score (nSPS) is 12.1. The number of ether oxygens (including phenoxy) is 3. The van der Waals surface area contributed by atoms with Crippen molar-refractivity contribution in [3.8, 4) is 0 Å². The second-order valence-electron chi connectivity index (χ2n) is 20.3. The van der Waals surface area contributed by atoms with Crippen LogP contribution in [0.3, 0.4) is 0 Å². The molecule has 6 nitrogen and oxygen atoms in total. The van der Waals surface area contributed by atoms with Gasteiger partial charge in [0.15, 0.2) is 6.10 Å². The highest BCUT2D eigenvalue weighted by atomic mass is 16.6. The fourth-order valence-corrected chi connectivity index (χ4v) is 8.91. The first-order valence-electron chi connectivity index (χ1n) is 29.8. The molecule has 0 radical (unpaired) electrons. The monoisotopic (exact) mass is 943 g/mol. The molecule has 67 heavy (non-hydrogen) atoms. The van der Waals surface area contributed by atoms with Crippen molar-refractivity contribution in [2.75, 3.05) is 13.2 Å². The maximum absolute atomic E-state index is 12.9. The molecule has 0 rings (SSSR count). The molecule has 6 heteroatoms. The minimum absolute atomic E-state index is 0.0714. The Kier molecular flexibility index (Phi) is 54.7. The second-order valence-corrected chi connectivity index (χ2v) is 20.3. The van der Waals surface area contributed by atoms with Crippen molar-refractivity contribution in [2.45, 2.75) is 335 Å². The van der Waals surface area contributed by atoms with Gasteiger partial charge in [-0.15, -0.1) is 0 Å². The van der Waals surface area contributed by atoms with Gasteiger partial charge in [-0.3, -0.25) is 14.4 Å². The Morgan fingerprint density at radius 2 is 0.493 bits per heavy atom. The fourth-order valence-electron chi connectivity index (χ4n) is 8.91. The number of allylic oxidation sites excluding steroid dienone is 4. The molecule has 0 spiro atoms. The Balaban J connectivity index is 4.33. The summed E-state index contributed by atoms with van der Waals surface area (Å²) < 4.78 is 16.9. The predicted molar refractivity (Wildman–Crippen MR) is 289 cm³/mol. The molecule has 1 atom stereocenters. The molecule has 0 bridgehead atoms. The first-order chi connectivity index (χ1) is 33.0. The molecule has 394 valence electrons. The van der Waals surface area contributed by atoms with Gasteiger partial charge in [0.25, 0.3) is 0 Å². The summed E-state index contributed by atoms with van der Waals surface area (Å²) in [5.41, 5.74) is 0. The summed E-state index contributed by atoms with van der Waals surface area (Å²) in [5.74, 6) is -0.863. The van der Waals surface area contributed by atoms with Crippen LogP contribution in [0.2, 0.25) is 0 Å². The van der Waals surface area contributed by atoms with Crippen LogP contribution in [-0.2, 0) is 28.6 Å². The number of hydrogen-bond acceptors (Lipinski definition) is 6. The Bertz CT molecular complexity index is 1080. The minimum Gasteiger partial charge on any atom is -0.462 e. The van der Waals surface area contributed by atoms with Crippen LogP contribution >= 0.6 is 0 Å². The van der Waals surface area contributed by atoms with Crippen LogP contribution in [0.4, 0.5) is 0 Å². The van der Waals surface area contributed by atoms with E-state index in [2.05, 4.69) is 45.1 Å². The third kappa shape index (κ3) is 54.7. The van der Waals surface area contributed by atoms with Gasteiger partial charge in [-0.25, -0.2) is 0 Å². The molecule has 0 amide bonds. The average Bonchev–Trinajstić information content (AvgIpc) is 3.33. The largest absolute Gasteiger partial charge is 0.462 e. The SMILES string of the molecule is CCCCCCCCC/C=C\CCCCCCCC(=O)O[C@@H](COC(=O)CCCCCCCCC/C=C\CCCCCCCCCC)COC(=O)CCCCCCCCCCCCCCCC. The third-order valence-electron chi connectivity index (χ3n) is 13.4. The molecule has 0 saturated heterocycles. The molecule has 0 aromatic heterocycles. The molecule has 0 aliphatic heterocycles. The Morgan fingerprint density at radius 3 is 0.746 bits per heavy atom. The van der Waals surface area contributed by atoms with Crippen LogP contribution in [0.25, 0.3) is 0 Å². The lowest BCUT2D eigenvalue weighted by Gasteiger charge is -2.18. The Morgan fingerprint density at radius 1 is 0.284 bits per heavy atom. The van der Waals surface area contributed by atoms with Gasteiger partial charge >= 0.3 is 17.9 Å². The fraction of sp³-hybridized carbons (Fsp3) is 0.885. The molecular formula is C61H114O6. The zero-order valence-corrected chi connectivity index (χ0v) is 45.2. The lowest BCUT2D eigenvalue weighted by molar-refractivity contribution is -0.167. The van der Waals surface area contributed by atoms with E-state index in [4.69, 9.17) is 14.2 Å². The summed E-state index contributed by atoms with van der Waals surface area (Å²) in [6, 6.07) is 0. The maximum atomic E-state index is 12.9. The molecule has 0 aliphatic rings. The molecule has 0 N–H and O–H groups in total. The van der Waals surface area contributed by atoms with E-state index in [0.717, 1.165) is 64.2 Å². The van der Waals surface area contributed by atoms with Gasteiger partial charge in [-0.05, 0) is 70.6 Å². The van der Waals surface area contributed by atoms with Crippen molar-refractivity contribution in [1.82, 2.24) is 0 Å². The Labute approximate surface area is 417 Å². The quantitative estimate of drug-likeness (QED) is 0.0262. The third-order valence-corrected chi connectivity index (χ3v) is 13.4. The average molecular weight is 944 g/mol. The van der Waals surface area contributed by atoms with Gasteiger partial charge in [0.2, 0.25) is 0 Å². The van der Waals surface area contributed by atoms with Crippen LogP contribution < -0.4 is 0 Å². The predicted octanol–water partition coefficient (Wildman–Crippen LogP) is 19.9. The van der Waals surface area contributed by atoms with Crippen LogP contribution in [0.15, 0.2) is 24.3 Å². The highest BCUT2D eigenvalue weighted by Crippen LogP contribution is 2.16. The van der Waals surface area contributed by atoms with Gasteiger partial charge in [0, 0.05) is 19.3 Å². The van der Waals surface area contributed by atoms with Gasteiger partial charge in [-0.1, -0.05) is 263 Å². The van der Waals surface area contributed by atoms with Gasteiger partial charge in [-0.2, -0.15) is 0 Å². The van der Waals surface area contributed by atoms with Crippen LogP contribution in [-0.4, -0.2) is 37.2 Å². The highest BCUT2D eigenvalue weighted by Gasteiger charge is 2.19. The number of carbonyl (C=O) groups excluding carboxylic acids is 3. The van der Waals surface area contributed by atoms with E-state index >= 15 is 0 Å². The molecule has 0 fully saturated rings. The van der Waals surface area contributed by atoms with E-state index < -0.39 is 6.10 Å². The van der Waals surface area contributed by atoms with Crippen LogP contribution in [0.1, 0.15) is 329 Å². The van der Waals surface area contributed by atoms with Crippen LogP contribution in [0.5, 0.6) is 0 Å². The summed E-state index contributed by atoms with van der Waals surface area (Å²) in [6.07, 6.45) is 66.0. The lowest BCUT2D eigenvalue weighted by atomic mass is 10.0. The molecule has 0 unspecified atom stereocenters.